The van der Waals surface area contributed by atoms with E-state index in [1.54, 1.807) is 26.0 Å². The topological polar surface area (TPSA) is 128 Å². The van der Waals surface area contributed by atoms with Crippen molar-refractivity contribution in [3.05, 3.63) is 62.7 Å². The SMILES string of the molecule is Cc1cc(C)cc(N2C(=O)NC(=O)/C(=C/c3cc4c(cc3[N+](=O)[O-])OCO4)C2=O)c1. The van der Waals surface area contributed by atoms with Gasteiger partial charge in [-0.2, -0.15) is 0 Å². The van der Waals surface area contributed by atoms with Crippen LogP contribution in [0.5, 0.6) is 11.5 Å². The average molecular weight is 409 g/mol. The summed E-state index contributed by atoms with van der Waals surface area (Å²) < 4.78 is 10.4. The van der Waals surface area contributed by atoms with Crippen molar-refractivity contribution in [3.8, 4) is 11.5 Å². The largest absolute Gasteiger partial charge is 0.454 e. The number of amides is 4. The van der Waals surface area contributed by atoms with E-state index in [2.05, 4.69) is 5.32 Å². The van der Waals surface area contributed by atoms with E-state index in [9.17, 15) is 24.5 Å². The predicted octanol–water partition coefficient (Wildman–Crippen LogP) is 2.61. The minimum atomic E-state index is -0.947. The number of urea groups is 1. The lowest BCUT2D eigenvalue weighted by Crippen LogP contribution is -2.54. The second-order valence-electron chi connectivity index (χ2n) is 6.83. The molecule has 0 saturated carbocycles. The Morgan fingerprint density at radius 3 is 2.30 bits per heavy atom. The van der Waals surface area contributed by atoms with Crippen LogP contribution in [0.15, 0.2) is 35.9 Å². The number of rotatable bonds is 3. The van der Waals surface area contributed by atoms with E-state index in [-0.39, 0.29) is 35.2 Å². The molecule has 10 nitrogen and oxygen atoms in total. The summed E-state index contributed by atoms with van der Waals surface area (Å²) in [4.78, 5) is 49.4. The number of hydrogen-bond acceptors (Lipinski definition) is 7. The quantitative estimate of drug-likeness (QED) is 0.357. The number of carbonyl (C=O) groups excluding carboxylic acids is 3. The van der Waals surface area contributed by atoms with Crippen LogP contribution < -0.4 is 19.7 Å². The summed E-state index contributed by atoms with van der Waals surface area (Å²) in [5.41, 5.74) is 1.10. The summed E-state index contributed by atoms with van der Waals surface area (Å²) in [6, 6.07) is 6.70. The van der Waals surface area contributed by atoms with Crippen molar-refractivity contribution >= 4 is 35.3 Å². The fourth-order valence-electron chi connectivity index (χ4n) is 3.35. The Hall–Kier alpha value is -4.21. The fourth-order valence-corrected chi connectivity index (χ4v) is 3.35. The van der Waals surface area contributed by atoms with E-state index in [4.69, 9.17) is 9.47 Å². The first-order valence-electron chi connectivity index (χ1n) is 8.82. The van der Waals surface area contributed by atoms with Crippen molar-refractivity contribution in [2.24, 2.45) is 0 Å². The Morgan fingerprint density at radius 2 is 1.67 bits per heavy atom. The normalized spacial score (nSPS) is 16.8. The Morgan fingerprint density at radius 1 is 1.03 bits per heavy atom. The lowest BCUT2D eigenvalue weighted by atomic mass is 10.0. The zero-order chi connectivity index (χ0) is 21.6. The van der Waals surface area contributed by atoms with Gasteiger partial charge in [0.25, 0.3) is 17.5 Å². The molecule has 2 aliphatic heterocycles. The molecule has 0 spiro atoms. The maximum atomic E-state index is 13.0. The average Bonchev–Trinajstić information content (AvgIpc) is 3.10. The molecule has 30 heavy (non-hydrogen) atoms. The van der Waals surface area contributed by atoms with Gasteiger partial charge in [-0.1, -0.05) is 6.07 Å². The Balaban J connectivity index is 1.81. The number of hydrogen-bond donors (Lipinski definition) is 1. The highest BCUT2D eigenvalue weighted by atomic mass is 16.7. The first-order valence-corrected chi connectivity index (χ1v) is 8.82. The van der Waals surface area contributed by atoms with Crippen molar-refractivity contribution < 1.29 is 28.8 Å². The zero-order valence-corrected chi connectivity index (χ0v) is 15.9. The van der Waals surface area contributed by atoms with Crippen LogP contribution in [0.4, 0.5) is 16.2 Å². The summed E-state index contributed by atoms with van der Waals surface area (Å²) in [7, 11) is 0. The van der Waals surface area contributed by atoms with Gasteiger partial charge < -0.3 is 9.47 Å². The molecule has 1 saturated heterocycles. The minimum absolute atomic E-state index is 0.0301. The number of nitro benzene ring substituents is 1. The number of nitro groups is 1. The van der Waals surface area contributed by atoms with Gasteiger partial charge in [0.15, 0.2) is 11.5 Å². The van der Waals surface area contributed by atoms with Crippen LogP contribution in [0.2, 0.25) is 0 Å². The van der Waals surface area contributed by atoms with E-state index >= 15 is 0 Å². The van der Waals surface area contributed by atoms with Crippen LogP contribution in [0.1, 0.15) is 16.7 Å². The van der Waals surface area contributed by atoms with E-state index in [1.165, 1.54) is 6.07 Å². The van der Waals surface area contributed by atoms with Crippen LogP contribution >= 0.6 is 0 Å². The number of anilines is 1. The number of nitrogens with zero attached hydrogens (tertiary/aromatic N) is 2. The number of nitrogens with one attached hydrogen (secondary N) is 1. The first kappa shape index (κ1) is 19.1. The molecule has 2 heterocycles. The van der Waals surface area contributed by atoms with Gasteiger partial charge >= 0.3 is 6.03 Å². The van der Waals surface area contributed by atoms with Gasteiger partial charge in [-0.25, -0.2) is 9.69 Å². The summed E-state index contributed by atoms with van der Waals surface area (Å²) in [6.45, 7) is 3.52. The fraction of sp³-hybridized carbons (Fsp3) is 0.150. The lowest BCUT2D eigenvalue weighted by molar-refractivity contribution is -0.385. The molecular weight excluding hydrogens is 394 g/mol. The summed E-state index contributed by atoms with van der Waals surface area (Å²) in [6.07, 6.45) is 1.07. The third-order valence-corrected chi connectivity index (χ3v) is 4.58. The van der Waals surface area contributed by atoms with Gasteiger partial charge in [-0.05, 0) is 49.2 Å². The lowest BCUT2D eigenvalue weighted by Gasteiger charge is -2.27. The molecule has 2 aliphatic rings. The van der Waals surface area contributed by atoms with Crippen molar-refractivity contribution in [2.75, 3.05) is 11.7 Å². The molecule has 4 rings (SSSR count). The Bertz CT molecular complexity index is 1150. The maximum Gasteiger partial charge on any atom is 0.335 e. The molecule has 0 aromatic heterocycles. The number of barbiturate groups is 1. The molecule has 152 valence electrons. The summed E-state index contributed by atoms with van der Waals surface area (Å²) >= 11 is 0. The van der Waals surface area contributed by atoms with Crippen LogP contribution in [-0.2, 0) is 9.59 Å². The highest BCUT2D eigenvalue weighted by Crippen LogP contribution is 2.39. The van der Waals surface area contributed by atoms with Crippen LogP contribution in [0, 0.1) is 24.0 Å². The van der Waals surface area contributed by atoms with Gasteiger partial charge in [0.2, 0.25) is 6.79 Å². The molecular formula is C20H15N3O7. The van der Waals surface area contributed by atoms with Gasteiger partial charge in [-0.15, -0.1) is 0 Å². The monoisotopic (exact) mass is 409 g/mol. The van der Waals surface area contributed by atoms with Crippen molar-refractivity contribution in [2.45, 2.75) is 13.8 Å². The molecule has 0 unspecified atom stereocenters. The van der Waals surface area contributed by atoms with E-state index in [1.807, 2.05) is 6.07 Å². The molecule has 0 radical (unpaired) electrons. The van der Waals surface area contributed by atoms with Crippen molar-refractivity contribution in [1.82, 2.24) is 5.32 Å². The van der Waals surface area contributed by atoms with E-state index < -0.39 is 28.3 Å². The number of imide groups is 2. The molecule has 0 atom stereocenters. The molecule has 0 aliphatic carbocycles. The van der Waals surface area contributed by atoms with Crippen LogP contribution in [-0.4, -0.2) is 29.6 Å². The number of ether oxygens (including phenoxy) is 2. The highest BCUT2D eigenvalue weighted by Gasteiger charge is 2.37. The van der Waals surface area contributed by atoms with Crippen LogP contribution in [0.25, 0.3) is 6.08 Å². The maximum absolute atomic E-state index is 13.0. The first-order chi connectivity index (χ1) is 14.2. The molecule has 0 bridgehead atoms. The number of benzene rings is 2. The third kappa shape index (κ3) is 3.24. The second kappa shape index (κ2) is 6.99. The molecule has 2 aromatic rings. The highest BCUT2D eigenvalue weighted by molar-refractivity contribution is 6.39. The van der Waals surface area contributed by atoms with Gasteiger partial charge in [0.05, 0.1) is 22.2 Å². The predicted molar refractivity (Wildman–Crippen MR) is 104 cm³/mol. The standard InChI is InChI=1S/C20H15N3O7/c1-10-3-11(2)5-13(4-10)22-19(25)14(18(24)21-20(22)26)6-12-7-16-17(30-9-29-16)8-15(12)23(27)28/h3-8H,9H2,1-2H3,(H,21,24,26)/b14-6-. The van der Waals surface area contributed by atoms with E-state index in [0.29, 0.717) is 0 Å². The molecule has 4 amide bonds. The van der Waals surface area contributed by atoms with Crippen molar-refractivity contribution in [1.29, 1.82) is 0 Å². The Labute approximate surface area is 169 Å². The molecule has 1 fully saturated rings. The number of aryl methyl sites for hydroxylation is 2. The Kier molecular flexibility index (Phi) is 4.46. The minimum Gasteiger partial charge on any atom is -0.454 e. The van der Waals surface area contributed by atoms with Gasteiger partial charge in [0, 0.05) is 0 Å². The summed E-state index contributed by atoms with van der Waals surface area (Å²) in [5, 5.41) is 13.6. The van der Waals surface area contributed by atoms with Gasteiger partial charge in [-0.3, -0.25) is 25.0 Å². The van der Waals surface area contributed by atoms with Gasteiger partial charge in [0.1, 0.15) is 5.57 Å². The van der Waals surface area contributed by atoms with Crippen molar-refractivity contribution in [3.63, 3.8) is 0 Å². The summed E-state index contributed by atoms with van der Waals surface area (Å²) in [5.74, 6) is -1.40. The number of carbonyl (C=O) groups is 3. The number of fused-ring (bicyclic) bond motifs is 1. The molecule has 1 N–H and O–H groups in total. The molecule has 10 heteroatoms. The second-order valence-corrected chi connectivity index (χ2v) is 6.83. The smallest absolute Gasteiger partial charge is 0.335 e. The van der Waals surface area contributed by atoms with Crippen LogP contribution in [0.3, 0.4) is 0 Å². The third-order valence-electron chi connectivity index (χ3n) is 4.58. The van der Waals surface area contributed by atoms with E-state index in [0.717, 1.165) is 28.2 Å². The zero-order valence-electron chi connectivity index (χ0n) is 15.9. The molecule has 2 aromatic carbocycles.